The van der Waals surface area contributed by atoms with Crippen molar-refractivity contribution in [3.05, 3.63) is 35.6 Å². The monoisotopic (exact) mass is 346 g/mol. The van der Waals surface area contributed by atoms with Crippen molar-refractivity contribution in [3.63, 3.8) is 0 Å². The van der Waals surface area contributed by atoms with E-state index in [0.717, 1.165) is 0 Å². The summed E-state index contributed by atoms with van der Waals surface area (Å²) in [7, 11) is 0. The fourth-order valence-electron chi connectivity index (χ4n) is 3.35. The van der Waals surface area contributed by atoms with Crippen LogP contribution in [0.4, 0.5) is 0 Å². The standard InChI is InChI=1S/C19H22O6/c1-9(2)17(21)24-14-8-19(5)15(20)7-12(25-19)10(3)6-13-16(14)11(4)18(22)23-13/h6-7,9,13-14,16H,4,8H2,1-3,5H3/b10-6-/t13-,14+,16-,19-/m0/s1. The summed E-state index contributed by atoms with van der Waals surface area (Å²) in [5.74, 6) is -1.53. The molecule has 0 aromatic heterocycles. The van der Waals surface area contributed by atoms with Gasteiger partial charge in [-0.2, -0.15) is 0 Å². The number of carbonyl (C=O) groups is 3. The first-order valence-corrected chi connectivity index (χ1v) is 8.36. The molecule has 0 aromatic rings. The van der Waals surface area contributed by atoms with Gasteiger partial charge in [0.2, 0.25) is 5.78 Å². The Kier molecular flexibility index (Phi) is 4.09. The van der Waals surface area contributed by atoms with E-state index >= 15 is 0 Å². The van der Waals surface area contributed by atoms with E-state index < -0.39 is 35.7 Å². The lowest BCUT2D eigenvalue weighted by Gasteiger charge is -2.31. The number of esters is 2. The highest BCUT2D eigenvalue weighted by molar-refractivity contribution is 6.00. The van der Waals surface area contributed by atoms with E-state index in [1.807, 2.05) is 0 Å². The summed E-state index contributed by atoms with van der Waals surface area (Å²) < 4.78 is 16.9. The second-order valence-electron chi connectivity index (χ2n) is 7.31. The predicted molar refractivity (Wildman–Crippen MR) is 88.2 cm³/mol. The van der Waals surface area contributed by atoms with E-state index in [1.165, 1.54) is 6.08 Å². The molecule has 0 aromatic carbocycles. The van der Waals surface area contributed by atoms with Crippen LogP contribution in [0.25, 0.3) is 0 Å². The summed E-state index contributed by atoms with van der Waals surface area (Å²) in [5, 5.41) is 0. The van der Waals surface area contributed by atoms with Crippen LogP contribution in [-0.4, -0.2) is 35.5 Å². The molecule has 3 aliphatic rings. The minimum Gasteiger partial charge on any atom is -0.479 e. The van der Waals surface area contributed by atoms with E-state index in [4.69, 9.17) is 14.2 Å². The Labute approximate surface area is 146 Å². The molecule has 0 aliphatic carbocycles. The molecule has 1 fully saturated rings. The van der Waals surface area contributed by atoms with Gasteiger partial charge in [-0.05, 0) is 25.5 Å². The van der Waals surface area contributed by atoms with Crippen molar-refractivity contribution in [3.8, 4) is 0 Å². The fraction of sp³-hybridized carbons (Fsp3) is 0.526. The van der Waals surface area contributed by atoms with Crippen LogP contribution in [0.2, 0.25) is 0 Å². The van der Waals surface area contributed by atoms with Crippen LogP contribution in [-0.2, 0) is 28.6 Å². The van der Waals surface area contributed by atoms with Gasteiger partial charge >= 0.3 is 11.9 Å². The summed E-state index contributed by atoms with van der Waals surface area (Å²) in [6, 6.07) is 0. The number of fused-ring (bicyclic) bond motifs is 3. The lowest BCUT2D eigenvalue weighted by molar-refractivity contribution is -0.161. The highest BCUT2D eigenvalue weighted by Crippen LogP contribution is 2.42. The minimum absolute atomic E-state index is 0.127. The zero-order valence-electron chi connectivity index (χ0n) is 14.8. The van der Waals surface area contributed by atoms with E-state index in [-0.39, 0.29) is 23.7 Å². The van der Waals surface area contributed by atoms with Gasteiger partial charge in [0.1, 0.15) is 18.0 Å². The molecule has 6 heteroatoms. The number of ketones is 1. The van der Waals surface area contributed by atoms with Crippen molar-refractivity contribution in [1.82, 2.24) is 0 Å². The summed E-state index contributed by atoms with van der Waals surface area (Å²) in [6.07, 6.45) is 1.95. The van der Waals surface area contributed by atoms with Crippen molar-refractivity contribution in [2.24, 2.45) is 11.8 Å². The average molecular weight is 346 g/mol. The minimum atomic E-state index is -1.15. The Hall–Kier alpha value is -2.37. The molecule has 0 spiro atoms. The largest absolute Gasteiger partial charge is 0.479 e. The molecule has 3 aliphatic heterocycles. The smallest absolute Gasteiger partial charge is 0.334 e. The Morgan fingerprint density at radius 1 is 1.40 bits per heavy atom. The van der Waals surface area contributed by atoms with Crippen LogP contribution in [0, 0.1) is 11.8 Å². The quantitative estimate of drug-likeness (QED) is 0.564. The summed E-state index contributed by atoms with van der Waals surface area (Å²) in [6.45, 7) is 10.7. The molecule has 2 bridgehead atoms. The maximum atomic E-state index is 12.5. The molecule has 0 saturated carbocycles. The van der Waals surface area contributed by atoms with Gasteiger partial charge in [-0.1, -0.05) is 20.4 Å². The van der Waals surface area contributed by atoms with Gasteiger partial charge < -0.3 is 14.2 Å². The first-order chi connectivity index (χ1) is 11.6. The SMILES string of the molecule is C=C1C(=O)O[C@H]2/C=C(/C)C3=CC(=O)[C@](C)(C[C@@H](OC(=O)C(C)C)[C@@H]12)O3. The molecular formula is C19H22O6. The summed E-state index contributed by atoms with van der Waals surface area (Å²) in [5.41, 5.74) is -0.198. The van der Waals surface area contributed by atoms with Gasteiger partial charge in [0, 0.05) is 18.1 Å². The fourth-order valence-corrected chi connectivity index (χ4v) is 3.35. The molecule has 0 radical (unpaired) electrons. The van der Waals surface area contributed by atoms with Gasteiger partial charge in [-0.3, -0.25) is 9.59 Å². The lowest BCUT2D eigenvalue weighted by Crippen LogP contribution is -2.43. The number of allylic oxidation sites excluding steroid dienone is 1. The van der Waals surface area contributed by atoms with Crippen LogP contribution < -0.4 is 0 Å². The van der Waals surface area contributed by atoms with Crippen LogP contribution in [0.3, 0.4) is 0 Å². The molecule has 1 saturated heterocycles. The third-order valence-corrected chi connectivity index (χ3v) is 4.91. The highest BCUT2D eigenvalue weighted by atomic mass is 16.6. The molecule has 134 valence electrons. The number of ether oxygens (including phenoxy) is 3. The van der Waals surface area contributed by atoms with Crippen LogP contribution >= 0.6 is 0 Å². The summed E-state index contributed by atoms with van der Waals surface area (Å²) in [4.78, 5) is 36.7. The van der Waals surface area contributed by atoms with E-state index in [2.05, 4.69) is 6.58 Å². The first kappa shape index (κ1) is 17.5. The predicted octanol–water partition coefficient (Wildman–Crippen LogP) is 2.24. The zero-order valence-corrected chi connectivity index (χ0v) is 14.8. The number of carbonyl (C=O) groups excluding carboxylic acids is 3. The molecular weight excluding hydrogens is 324 g/mol. The Bertz CT molecular complexity index is 728. The Morgan fingerprint density at radius 2 is 2.08 bits per heavy atom. The topological polar surface area (TPSA) is 78.9 Å². The van der Waals surface area contributed by atoms with Gasteiger partial charge in [0.15, 0.2) is 5.60 Å². The Morgan fingerprint density at radius 3 is 2.72 bits per heavy atom. The maximum absolute atomic E-state index is 12.5. The third-order valence-electron chi connectivity index (χ3n) is 4.91. The Balaban J connectivity index is 2.05. The van der Waals surface area contributed by atoms with E-state index in [0.29, 0.717) is 11.3 Å². The first-order valence-electron chi connectivity index (χ1n) is 8.36. The van der Waals surface area contributed by atoms with E-state index in [1.54, 1.807) is 33.8 Å². The molecule has 3 rings (SSSR count). The van der Waals surface area contributed by atoms with Gasteiger partial charge in [0.25, 0.3) is 0 Å². The van der Waals surface area contributed by atoms with Crippen molar-refractivity contribution >= 4 is 17.7 Å². The second-order valence-corrected chi connectivity index (χ2v) is 7.31. The number of hydrogen-bond acceptors (Lipinski definition) is 6. The second kappa shape index (κ2) is 5.86. The normalized spacial score (nSPS) is 36.4. The van der Waals surface area contributed by atoms with E-state index in [9.17, 15) is 14.4 Å². The molecule has 0 N–H and O–H groups in total. The highest BCUT2D eigenvalue weighted by Gasteiger charge is 2.51. The molecule has 4 atom stereocenters. The lowest BCUT2D eigenvalue weighted by atomic mass is 9.82. The molecule has 3 heterocycles. The summed E-state index contributed by atoms with van der Waals surface area (Å²) >= 11 is 0. The third kappa shape index (κ3) is 2.90. The van der Waals surface area contributed by atoms with Crippen molar-refractivity contribution in [1.29, 1.82) is 0 Å². The molecule has 0 amide bonds. The van der Waals surface area contributed by atoms with Gasteiger partial charge in [0.05, 0.1) is 11.8 Å². The van der Waals surface area contributed by atoms with Crippen LogP contribution in [0.1, 0.15) is 34.1 Å². The van der Waals surface area contributed by atoms with Crippen molar-refractivity contribution in [2.75, 3.05) is 0 Å². The van der Waals surface area contributed by atoms with Gasteiger partial charge in [-0.15, -0.1) is 0 Å². The molecule has 6 nitrogen and oxygen atoms in total. The van der Waals surface area contributed by atoms with Crippen LogP contribution in [0.5, 0.6) is 0 Å². The maximum Gasteiger partial charge on any atom is 0.334 e. The number of rotatable bonds is 2. The van der Waals surface area contributed by atoms with Gasteiger partial charge in [-0.25, -0.2) is 4.79 Å². The average Bonchev–Trinajstić information content (AvgIpc) is 2.96. The molecule has 25 heavy (non-hydrogen) atoms. The number of hydrogen-bond donors (Lipinski definition) is 0. The van der Waals surface area contributed by atoms with Crippen molar-refractivity contribution < 1.29 is 28.6 Å². The molecule has 0 unspecified atom stereocenters. The van der Waals surface area contributed by atoms with Crippen molar-refractivity contribution in [2.45, 2.75) is 51.9 Å². The zero-order chi connectivity index (χ0) is 18.5. The van der Waals surface area contributed by atoms with Crippen LogP contribution in [0.15, 0.2) is 35.6 Å².